The molecule has 1 aromatic carbocycles. The lowest BCUT2D eigenvalue weighted by molar-refractivity contribution is 0.0995. The molecule has 0 saturated heterocycles. The molecule has 2 rings (SSSR count). The first kappa shape index (κ1) is 15.1. The minimum atomic E-state index is -0.771. The van der Waals surface area contributed by atoms with Crippen LogP contribution in [-0.4, -0.2) is 16.8 Å². The van der Waals surface area contributed by atoms with Crippen molar-refractivity contribution in [1.29, 1.82) is 0 Å². The van der Waals surface area contributed by atoms with E-state index in [2.05, 4.69) is 26.2 Å². The summed E-state index contributed by atoms with van der Waals surface area (Å²) in [4.78, 5) is 27.2. The lowest BCUT2D eigenvalue weighted by atomic mass is 10.1. The molecule has 7 heteroatoms. The van der Waals surface area contributed by atoms with Gasteiger partial charge in [0, 0.05) is 23.0 Å². The highest BCUT2D eigenvalue weighted by molar-refractivity contribution is 9.10. The molecule has 0 aliphatic carbocycles. The molecule has 0 radical (unpaired) electrons. The van der Waals surface area contributed by atoms with Crippen molar-refractivity contribution in [3.8, 4) is 0 Å². The number of carbonyl (C=O) groups excluding carboxylic acids is 2. The highest BCUT2D eigenvalue weighted by Crippen LogP contribution is 2.22. The summed E-state index contributed by atoms with van der Waals surface area (Å²) in [7, 11) is 0. The van der Waals surface area contributed by atoms with Crippen molar-refractivity contribution in [2.45, 2.75) is 6.92 Å². The molecule has 108 valence electrons. The Bertz CT molecular complexity index is 734. The van der Waals surface area contributed by atoms with Gasteiger partial charge in [0.1, 0.15) is 10.4 Å². The smallest absolute Gasteiger partial charge is 0.258 e. The Hall–Kier alpha value is -2.28. The monoisotopic (exact) mass is 351 g/mol. The maximum atomic E-state index is 13.8. The Morgan fingerprint density at radius 2 is 2.10 bits per heavy atom. The third-order valence-corrected chi connectivity index (χ3v) is 3.51. The summed E-state index contributed by atoms with van der Waals surface area (Å²) < 4.78 is 14.1. The lowest BCUT2D eigenvalue weighted by Gasteiger charge is -2.11. The van der Waals surface area contributed by atoms with Gasteiger partial charge in [0.2, 0.25) is 5.91 Å². The number of rotatable bonds is 3. The van der Waals surface area contributed by atoms with Crippen LogP contribution in [0, 0.1) is 12.7 Å². The number of halogens is 2. The van der Waals surface area contributed by atoms with Crippen molar-refractivity contribution in [1.82, 2.24) is 4.98 Å². The molecule has 2 amide bonds. The SMILES string of the molecule is Cc1c(F)cc(C(N)=O)cc1NC(=O)c1cccnc1Br. The predicted octanol–water partition coefficient (Wildman–Crippen LogP) is 2.64. The van der Waals surface area contributed by atoms with Gasteiger partial charge >= 0.3 is 0 Å². The second kappa shape index (κ2) is 6.01. The van der Waals surface area contributed by atoms with Gasteiger partial charge in [-0.2, -0.15) is 0 Å². The molecule has 1 aromatic heterocycles. The molecule has 0 saturated carbocycles. The Morgan fingerprint density at radius 3 is 2.71 bits per heavy atom. The summed E-state index contributed by atoms with van der Waals surface area (Å²) in [6.45, 7) is 1.49. The van der Waals surface area contributed by atoms with Crippen LogP contribution in [0.3, 0.4) is 0 Å². The number of nitrogens with zero attached hydrogens (tertiary/aromatic N) is 1. The van der Waals surface area contributed by atoms with E-state index in [-0.39, 0.29) is 16.8 Å². The fourth-order valence-corrected chi connectivity index (χ4v) is 2.13. The average molecular weight is 352 g/mol. The topological polar surface area (TPSA) is 85.1 Å². The Labute approximate surface area is 128 Å². The molecule has 0 atom stereocenters. The number of benzene rings is 1. The van der Waals surface area contributed by atoms with Gasteiger partial charge in [-0.05, 0) is 47.1 Å². The Morgan fingerprint density at radius 1 is 1.38 bits per heavy atom. The van der Waals surface area contributed by atoms with Crippen LogP contribution in [0.2, 0.25) is 0 Å². The molecule has 21 heavy (non-hydrogen) atoms. The number of carbonyl (C=O) groups is 2. The normalized spacial score (nSPS) is 10.2. The summed E-state index contributed by atoms with van der Waals surface area (Å²) in [6, 6.07) is 5.54. The van der Waals surface area contributed by atoms with Crippen molar-refractivity contribution in [2.24, 2.45) is 5.73 Å². The fraction of sp³-hybridized carbons (Fsp3) is 0.0714. The first-order valence-corrected chi connectivity index (χ1v) is 6.71. The molecule has 0 aliphatic heterocycles. The van der Waals surface area contributed by atoms with Gasteiger partial charge in [0.15, 0.2) is 0 Å². The number of pyridine rings is 1. The standard InChI is InChI=1S/C14H11BrFN3O2/c1-7-10(16)5-8(13(17)20)6-11(7)19-14(21)9-3-2-4-18-12(9)15/h2-6H,1H3,(H2,17,20)(H,19,21). The van der Waals surface area contributed by atoms with Gasteiger partial charge in [-0.25, -0.2) is 9.37 Å². The maximum absolute atomic E-state index is 13.8. The first-order chi connectivity index (χ1) is 9.90. The summed E-state index contributed by atoms with van der Waals surface area (Å²) in [6.07, 6.45) is 1.53. The van der Waals surface area contributed by atoms with Crippen LogP contribution >= 0.6 is 15.9 Å². The van der Waals surface area contributed by atoms with E-state index in [9.17, 15) is 14.0 Å². The number of nitrogens with two attached hydrogens (primary N) is 1. The van der Waals surface area contributed by atoms with Crippen LogP contribution in [0.15, 0.2) is 35.1 Å². The average Bonchev–Trinajstić information content (AvgIpc) is 2.43. The van der Waals surface area contributed by atoms with Crippen LogP contribution in [0.25, 0.3) is 0 Å². The van der Waals surface area contributed by atoms with E-state index in [1.165, 1.54) is 19.2 Å². The lowest BCUT2D eigenvalue weighted by Crippen LogP contribution is -2.17. The molecule has 1 heterocycles. The van der Waals surface area contributed by atoms with Crippen LogP contribution < -0.4 is 11.1 Å². The first-order valence-electron chi connectivity index (χ1n) is 5.92. The summed E-state index contributed by atoms with van der Waals surface area (Å²) >= 11 is 3.16. The molecule has 0 unspecified atom stereocenters. The van der Waals surface area contributed by atoms with Crippen molar-refractivity contribution >= 4 is 33.4 Å². The van der Waals surface area contributed by atoms with E-state index in [4.69, 9.17) is 5.73 Å². The molecule has 0 bridgehead atoms. The van der Waals surface area contributed by atoms with E-state index in [0.717, 1.165) is 6.07 Å². The predicted molar refractivity (Wildman–Crippen MR) is 79.5 cm³/mol. The van der Waals surface area contributed by atoms with E-state index < -0.39 is 17.6 Å². The summed E-state index contributed by atoms with van der Waals surface area (Å²) in [5.74, 6) is -1.86. The van der Waals surface area contributed by atoms with E-state index >= 15 is 0 Å². The number of anilines is 1. The molecule has 0 fully saturated rings. The largest absolute Gasteiger partial charge is 0.366 e. The third kappa shape index (κ3) is 3.25. The molecule has 0 aliphatic rings. The van der Waals surface area contributed by atoms with Crippen LogP contribution in [0.4, 0.5) is 10.1 Å². The van der Waals surface area contributed by atoms with Crippen molar-refractivity contribution < 1.29 is 14.0 Å². The van der Waals surface area contributed by atoms with E-state index in [1.807, 2.05) is 0 Å². The van der Waals surface area contributed by atoms with Gasteiger partial charge in [0.25, 0.3) is 5.91 Å². The molecular formula is C14H11BrFN3O2. The summed E-state index contributed by atoms with van der Waals surface area (Å²) in [5.41, 5.74) is 5.81. The van der Waals surface area contributed by atoms with Gasteiger partial charge in [-0.15, -0.1) is 0 Å². The molecule has 3 N–H and O–H groups in total. The van der Waals surface area contributed by atoms with Crippen molar-refractivity contribution in [2.75, 3.05) is 5.32 Å². The number of hydrogen-bond acceptors (Lipinski definition) is 3. The maximum Gasteiger partial charge on any atom is 0.258 e. The molecular weight excluding hydrogens is 341 g/mol. The zero-order valence-corrected chi connectivity index (χ0v) is 12.6. The van der Waals surface area contributed by atoms with Crippen LogP contribution in [0.5, 0.6) is 0 Å². The summed E-state index contributed by atoms with van der Waals surface area (Å²) in [5, 5.41) is 2.55. The van der Waals surface area contributed by atoms with Gasteiger partial charge in [-0.1, -0.05) is 0 Å². The highest BCUT2D eigenvalue weighted by atomic mass is 79.9. The van der Waals surface area contributed by atoms with E-state index in [0.29, 0.717) is 10.2 Å². The van der Waals surface area contributed by atoms with E-state index in [1.54, 1.807) is 12.1 Å². The minimum absolute atomic E-state index is 0.0151. The number of amides is 2. The van der Waals surface area contributed by atoms with Crippen LogP contribution in [0.1, 0.15) is 26.3 Å². The second-order valence-corrected chi connectivity index (χ2v) is 5.04. The van der Waals surface area contributed by atoms with Crippen molar-refractivity contribution in [3.05, 3.63) is 57.6 Å². The third-order valence-electron chi connectivity index (χ3n) is 2.88. The van der Waals surface area contributed by atoms with Gasteiger partial charge in [-0.3, -0.25) is 9.59 Å². The molecule has 5 nitrogen and oxygen atoms in total. The van der Waals surface area contributed by atoms with Crippen molar-refractivity contribution in [3.63, 3.8) is 0 Å². The minimum Gasteiger partial charge on any atom is -0.366 e. The number of primary amides is 1. The zero-order chi connectivity index (χ0) is 15.6. The van der Waals surface area contributed by atoms with Gasteiger partial charge < -0.3 is 11.1 Å². The number of hydrogen-bond donors (Lipinski definition) is 2. The van der Waals surface area contributed by atoms with Crippen LogP contribution in [-0.2, 0) is 0 Å². The number of nitrogens with one attached hydrogen (secondary N) is 1. The quantitative estimate of drug-likeness (QED) is 0.833. The molecule has 2 aromatic rings. The van der Waals surface area contributed by atoms with Gasteiger partial charge in [0.05, 0.1) is 5.56 Å². The number of aromatic nitrogens is 1. The molecule has 0 spiro atoms. The fourth-order valence-electron chi connectivity index (χ4n) is 1.70. The zero-order valence-electron chi connectivity index (χ0n) is 11.0. The highest BCUT2D eigenvalue weighted by Gasteiger charge is 2.15. The Kier molecular flexibility index (Phi) is 4.32. The Balaban J connectivity index is 2.38. The second-order valence-electron chi connectivity index (χ2n) is 4.29.